The van der Waals surface area contributed by atoms with Crippen LogP contribution >= 0.6 is 0 Å². The predicted octanol–water partition coefficient (Wildman–Crippen LogP) is 1.70. The van der Waals surface area contributed by atoms with Crippen LogP contribution in [0.4, 0.5) is 4.79 Å². The maximum absolute atomic E-state index is 12.5. The average molecular weight is 372 g/mol. The molecule has 1 unspecified atom stereocenters. The Balaban J connectivity index is 1.54. The average Bonchev–Trinajstić information content (AvgIpc) is 3.18. The van der Waals surface area contributed by atoms with Gasteiger partial charge in [0.1, 0.15) is 6.04 Å². The highest BCUT2D eigenvalue weighted by atomic mass is 16.5. The summed E-state index contributed by atoms with van der Waals surface area (Å²) in [6.07, 6.45) is 4.60. The number of hydrogen-bond acceptors (Lipinski definition) is 6. The van der Waals surface area contributed by atoms with Crippen molar-refractivity contribution < 1.29 is 14.1 Å². The number of nitrogens with one attached hydrogen (secondary N) is 1. The zero-order valence-corrected chi connectivity index (χ0v) is 15.8. The van der Waals surface area contributed by atoms with Crippen LogP contribution in [0.1, 0.15) is 31.7 Å². The minimum absolute atomic E-state index is 0.0169. The van der Waals surface area contributed by atoms with Crippen molar-refractivity contribution >= 4 is 11.9 Å². The molecule has 3 rings (SSSR count). The lowest BCUT2D eigenvalue weighted by Crippen LogP contribution is -2.46. The second-order valence-electron chi connectivity index (χ2n) is 6.86. The van der Waals surface area contributed by atoms with Gasteiger partial charge in [-0.05, 0) is 31.9 Å². The molecule has 1 atom stereocenters. The first-order valence-corrected chi connectivity index (χ1v) is 8.96. The molecule has 3 amide bonds. The summed E-state index contributed by atoms with van der Waals surface area (Å²) in [7, 11) is 3.46. The van der Waals surface area contributed by atoms with E-state index in [1.807, 2.05) is 6.92 Å². The molecule has 0 aromatic carbocycles. The molecule has 2 aromatic heterocycles. The number of urea groups is 1. The van der Waals surface area contributed by atoms with E-state index in [9.17, 15) is 9.59 Å². The van der Waals surface area contributed by atoms with Crippen LogP contribution in [0.2, 0.25) is 0 Å². The van der Waals surface area contributed by atoms with Crippen molar-refractivity contribution in [3.05, 3.63) is 30.4 Å². The van der Waals surface area contributed by atoms with E-state index in [0.717, 1.165) is 5.56 Å². The zero-order chi connectivity index (χ0) is 19.4. The molecule has 0 bridgehead atoms. The number of hydrogen-bond donors (Lipinski definition) is 1. The molecule has 1 aliphatic rings. The second kappa shape index (κ2) is 8.15. The lowest BCUT2D eigenvalue weighted by molar-refractivity contribution is -0.127. The molecule has 1 saturated heterocycles. The van der Waals surface area contributed by atoms with Gasteiger partial charge < -0.3 is 19.6 Å². The molecule has 0 radical (unpaired) electrons. The maximum atomic E-state index is 12.5. The SMILES string of the molecule is CC(NC(=O)C1CCN(C(=O)N(C)C)CC1)c1nc(-c2ccncc2)no1. The number of nitrogens with zero attached hydrogens (tertiary/aromatic N) is 5. The third-order valence-electron chi connectivity index (χ3n) is 4.63. The fourth-order valence-corrected chi connectivity index (χ4v) is 3.04. The Morgan fingerprint density at radius 2 is 1.93 bits per heavy atom. The van der Waals surface area contributed by atoms with Crippen LogP contribution in [0.3, 0.4) is 0 Å². The van der Waals surface area contributed by atoms with E-state index in [2.05, 4.69) is 20.4 Å². The molecule has 144 valence electrons. The topological polar surface area (TPSA) is 104 Å². The van der Waals surface area contributed by atoms with Crippen molar-refractivity contribution in [1.29, 1.82) is 0 Å². The molecule has 1 fully saturated rings. The maximum Gasteiger partial charge on any atom is 0.319 e. The molecule has 0 saturated carbocycles. The van der Waals surface area contributed by atoms with Gasteiger partial charge in [-0.1, -0.05) is 5.16 Å². The van der Waals surface area contributed by atoms with Crippen molar-refractivity contribution in [2.45, 2.75) is 25.8 Å². The van der Waals surface area contributed by atoms with Gasteiger partial charge in [0.2, 0.25) is 17.6 Å². The first-order valence-electron chi connectivity index (χ1n) is 8.96. The van der Waals surface area contributed by atoms with Gasteiger partial charge in [0.25, 0.3) is 0 Å². The molecule has 0 spiro atoms. The first kappa shape index (κ1) is 18.8. The number of carbonyl (C=O) groups excluding carboxylic acids is 2. The van der Waals surface area contributed by atoms with Crippen LogP contribution in [-0.4, -0.2) is 64.0 Å². The van der Waals surface area contributed by atoms with Crippen LogP contribution in [0.5, 0.6) is 0 Å². The van der Waals surface area contributed by atoms with Crippen LogP contribution < -0.4 is 5.32 Å². The highest BCUT2D eigenvalue weighted by molar-refractivity contribution is 5.80. The van der Waals surface area contributed by atoms with Crippen molar-refractivity contribution in [2.24, 2.45) is 5.92 Å². The van der Waals surface area contributed by atoms with Crippen LogP contribution in [0, 0.1) is 5.92 Å². The van der Waals surface area contributed by atoms with Gasteiger partial charge in [-0.25, -0.2) is 4.79 Å². The van der Waals surface area contributed by atoms with Gasteiger partial charge in [0.15, 0.2) is 0 Å². The van der Waals surface area contributed by atoms with Crippen molar-refractivity contribution in [3.8, 4) is 11.4 Å². The monoisotopic (exact) mass is 372 g/mol. The van der Waals surface area contributed by atoms with E-state index in [1.54, 1.807) is 48.4 Å². The quantitative estimate of drug-likeness (QED) is 0.876. The van der Waals surface area contributed by atoms with Gasteiger partial charge >= 0.3 is 6.03 Å². The summed E-state index contributed by atoms with van der Waals surface area (Å²) in [4.78, 5) is 36.2. The van der Waals surface area contributed by atoms with E-state index in [0.29, 0.717) is 37.6 Å². The van der Waals surface area contributed by atoms with Crippen molar-refractivity contribution in [1.82, 2.24) is 30.2 Å². The highest BCUT2D eigenvalue weighted by Crippen LogP contribution is 2.21. The molecular formula is C18H24N6O3. The Hall–Kier alpha value is -2.97. The molecule has 9 nitrogen and oxygen atoms in total. The minimum Gasteiger partial charge on any atom is -0.344 e. The number of carbonyl (C=O) groups is 2. The summed E-state index contributed by atoms with van der Waals surface area (Å²) < 4.78 is 5.29. The summed E-state index contributed by atoms with van der Waals surface area (Å²) in [5, 5.41) is 6.90. The van der Waals surface area contributed by atoms with Crippen molar-refractivity contribution in [2.75, 3.05) is 27.2 Å². The Kier molecular flexibility index (Phi) is 5.68. The van der Waals surface area contributed by atoms with E-state index in [4.69, 9.17) is 4.52 Å². The van der Waals surface area contributed by atoms with E-state index in [1.165, 1.54) is 0 Å². The summed E-state index contributed by atoms with van der Waals surface area (Å²) in [6.45, 7) is 2.97. The molecule has 0 aliphatic carbocycles. The molecular weight excluding hydrogens is 348 g/mol. The third-order valence-corrected chi connectivity index (χ3v) is 4.63. The fraction of sp³-hybridized carbons (Fsp3) is 0.500. The molecule has 2 aromatic rings. The van der Waals surface area contributed by atoms with Crippen molar-refractivity contribution in [3.63, 3.8) is 0 Å². The molecule has 3 heterocycles. The Labute approximate surface area is 157 Å². The lowest BCUT2D eigenvalue weighted by Gasteiger charge is -2.33. The molecule has 27 heavy (non-hydrogen) atoms. The standard InChI is InChI=1S/C18H24N6O3/c1-12(17-21-15(22-27-17)13-4-8-19-9-5-13)20-16(25)14-6-10-24(11-7-14)18(26)23(2)3/h4-5,8-9,12,14H,6-7,10-11H2,1-3H3,(H,20,25). The van der Waals surface area contributed by atoms with E-state index in [-0.39, 0.29) is 23.9 Å². The largest absolute Gasteiger partial charge is 0.344 e. The third kappa shape index (κ3) is 4.42. The van der Waals surface area contributed by atoms with Crippen LogP contribution in [0.25, 0.3) is 11.4 Å². The van der Waals surface area contributed by atoms with Gasteiger partial charge in [-0.3, -0.25) is 9.78 Å². The van der Waals surface area contributed by atoms with Gasteiger partial charge in [0.05, 0.1) is 0 Å². The summed E-state index contributed by atoms with van der Waals surface area (Å²) in [5.74, 6) is 0.642. The predicted molar refractivity (Wildman–Crippen MR) is 97.5 cm³/mol. The van der Waals surface area contributed by atoms with E-state index >= 15 is 0 Å². The minimum atomic E-state index is -0.387. The van der Waals surface area contributed by atoms with Crippen LogP contribution in [-0.2, 0) is 4.79 Å². The Bertz CT molecular complexity index is 783. The number of piperidine rings is 1. The normalized spacial score (nSPS) is 16.0. The zero-order valence-electron chi connectivity index (χ0n) is 15.8. The number of rotatable bonds is 4. The van der Waals surface area contributed by atoms with Gasteiger partial charge in [-0.15, -0.1) is 0 Å². The van der Waals surface area contributed by atoms with Gasteiger partial charge in [0, 0.05) is 51.1 Å². The Morgan fingerprint density at radius 3 is 2.56 bits per heavy atom. The van der Waals surface area contributed by atoms with E-state index < -0.39 is 0 Å². The summed E-state index contributed by atoms with van der Waals surface area (Å²) in [6, 6.07) is 3.18. The number of pyridine rings is 1. The van der Waals surface area contributed by atoms with Gasteiger partial charge in [-0.2, -0.15) is 4.98 Å². The number of aromatic nitrogens is 3. The molecule has 1 N–H and O–H groups in total. The molecule has 9 heteroatoms. The summed E-state index contributed by atoms with van der Waals surface area (Å²) in [5.41, 5.74) is 0.802. The fourth-order valence-electron chi connectivity index (χ4n) is 3.04. The highest BCUT2D eigenvalue weighted by Gasteiger charge is 2.29. The smallest absolute Gasteiger partial charge is 0.319 e. The first-order chi connectivity index (χ1) is 13.0. The number of amides is 3. The summed E-state index contributed by atoms with van der Waals surface area (Å²) >= 11 is 0. The van der Waals surface area contributed by atoms with Crippen LogP contribution in [0.15, 0.2) is 29.0 Å². The second-order valence-corrected chi connectivity index (χ2v) is 6.86. The number of likely N-dealkylation sites (tertiary alicyclic amines) is 1. The molecule has 1 aliphatic heterocycles. The Morgan fingerprint density at radius 1 is 1.26 bits per heavy atom. The lowest BCUT2D eigenvalue weighted by atomic mass is 9.96.